The number of benzene rings is 3. The first-order valence-electron chi connectivity index (χ1n) is 15.4. The van der Waals surface area contributed by atoms with E-state index < -0.39 is 39.0 Å². The average molecular weight is 748 g/mol. The second kappa shape index (κ2) is 15.1. The minimum Gasteiger partial charge on any atom is -0.465 e. The van der Waals surface area contributed by atoms with Crippen molar-refractivity contribution in [1.29, 1.82) is 0 Å². The molecule has 15 nitrogen and oxygen atoms in total. The predicted octanol–water partition coefficient (Wildman–Crippen LogP) is 4.85. The number of carbonyl (C=O) groups excluding carboxylic acids is 2. The number of esters is 1. The van der Waals surface area contributed by atoms with Crippen molar-refractivity contribution in [3.63, 3.8) is 0 Å². The lowest BCUT2D eigenvalue weighted by Gasteiger charge is -2.14. The first-order valence-corrected chi connectivity index (χ1v) is 17.9. The summed E-state index contributed by atoms with van der Waals surface area (Å²) in [5, 5.41) is 11.6. The molecule has 0 saturated carbocycles. The second-order valence-electron chi connectivity index (χ2n) is 11.9. The van der Waals surface area contributed by atoms with Crippen molar-refractivity contribution in [1.82, 2.24) is 29.1 Å². The van der Waals surface area contributed by atoms with Crippen LogP contribution in [0.2, 0.25) is 5.02 Å². The summed E-state index contributed by atoms with van der Waals surface area (Å²) < 4.78 is 37.0. The summed E-state index contributed by atoms with van der Waals surface area (Å²) in [5.41, 5.74) is 4.49. The van der Waals surface area contributed by atoms with Gasteiger partial charge < -0.3 is 14.5 Å². The molecule has 52 heavy (non-hydrogen) atoms. The van der Waals surface area contributed by atoms with Crippen molar-refractivity contribution in [2.24, 2.45) is 14.1 Å². The summed E-state index contributed by atoms with van der Waals surface area (Å²) in [7, 11) is 1.35. The SMILES string of the molecule is COC(=O)c1cc(-c2cnn(C)c2)c(C)cc1NC(=O)Oc1ccc(Cl)cc1.Cc1cc2[nH]c(=O)n(CS(C)(=O)=O)c(=O)c2cc1-c1cnn(C)c1. The van der Waals surface area contributed by atoms with E-state index >= 15 is 0 Å². The summed E-state index contributed by atoms with van der Waals surface area (Å²) >= 11 is 5.82. The van der Waals surface area contributed by atoms with E-state index in [2.05, 4.69) is 20.5 Å². The van der Waals surface area contributed by atoms with Crippen LogP contribution in [0.25, 0.3) is 33.2 Å². The van der Waals surface area contributed by atoms with Crippen LogP contribution >= 0.6 is 11.6 Å². The number of ether oxygens (including phenoxy) is 2. The van der Waals surface area contributed by atoms with E-state index in [9.17, 15) is 27.6 Å². The number of sulfone groups is 1. The lowest BCUT2D eigenvalue weighted by Crippen LogP contribution is -2.37. The van der Waals surface area contributed by atoms with Gasteiger partial charge >= 0.3 is 17.8 Å². The fourth-order valence-corrected chi connectivity index (χ4v) is 6.17. The van der Waals surface area contributed by atoms with Crippen molar-refractivity contribution in [2.75, 3.05) is 18.7 Å². The van der Waals surface area contributed by atoms with Gasteiger partial charge in [-0.25, -0.2) is 27.4 Å². The molecule has 6 aromatic rings. The van der Waals surface area contributed by atoms with Crippen molar-refractivity contribution < 1.29 is 27.5 Å². The molecule has 1 amide bonds. The number of aryl methyl sites for hydroxylation is 4. The zero-order chi connectivity index (χ0) is 37.9. The number of aromatic nitrogens is 6. The molecule has 3 aromatic heterocycles. The molecule has 0 fully saturated rings. The monoisotopic (exact) mass is 747 g/mol. The third kappa shape index (κ3) is 8.65. The molecule has 270 valence electrons. The lowest BCUT2D eigenvalue weighted by atomic mass is 9.99. The molecular weight excluding hydrogens is 714 g/mol. The van der Waals surface area contributed by atoms with Gasteiger partial charge in [-0.1, -0.05) is 11.6 Å². The molecule has 0 radical (unpaired) electrons. The largest absolute Gasteiger partial charge is 0.465 e. The van der Waals surface area contributed by atoms with Gasteiger partial charge in [-0.3, -0.25) is 19.5 Å². The zero-order valence-electron chi connectivity index (χ0n) is 28.9. The number of hydrogen-bond acceptors (Lipinski definition) is 10. The number of nitrogens with zero attached hydrogens (tertiary/aromatic N) is 5. The minimum atomic E-state index is -3.53. The fourth-order valence-electron chi connectivity index (χ4n) is 5.34. The third-order valence-corrected chi connectivity index (χ3v) is 8.73. The van der Waals surface area contributed by atoms with E-state index in [1.807, 2.05) is 33.3 Å². The number of halogens is 1. The molecule has 2 N–H and O–H groups in total. The first kappa shape index (κ1) is 37.3. The van der Waals surface area contributed by atoms with Crippen molar-refractivity contribution in [2.45, 2.75) is 19.7 Å². The van der Waals surface area contributed by atoms with Crippen LogP contribution in [0.3, 0.4) is 0 Å². The molecule has 0 aliphatic carbocycles. The van der Waals surface area contributed by atoms with Crippen LogP contribution in [0.1, 0.15) is 21.5 Å². The van der Waals surface area contributed by atoms with E-state index in [4.69, 9.17) is 21.1 Å². The Labute approximate surface area is 302 Å². The highest BCUT2D eigenvalue weighted by Gasteiger charge is 2.19. The number of amides is 1. The normalized spacial score (nSPS) is 11.1. The van der Waals surface area contributed by atoms with Crippen LogP contribution in [0.15, 0.2) is 82.9 Å². The van der Waals surface area contributed by atoms with Crippen LogP contribution in [0.5, 0.6) is 5.75 Å². The van der Waals surface area contributed by atoms with Gasteiger partial charge in [-0.05, 0) is 84.6 Å². The molecule has 0 saturated heterocycles. The Morgan fingerprint density at radius 3 is 2.02 bits per heavy atom. The highest BCUT2D eigenvalue weighted by molar-refractivity contribution is 7.89. The molecular formula is C35H34ClN7O8S. The molecule has 3 heterocycles. The number of nitrogens with one attached hydrogen (secondary N) is 2. The maximum absolute atomic E-state index is 12.6. The van der Waals surface area contributed by atoms with Crippen molar-refractivity contribution in [3.05, 3.63) is 116 Å². The quantitative estimate of drug-likeness (QED) is 0.214. The number of carbonyl (C=O) groups is 2. The standard InChI is InChI=1S/C20H18ClN3O4.C15H16N4O4S/c1-12-8-18(23-20(26)28-15-6-4-14(21)5-7-15)17(19(25)27-3)9-16(12)13-10-22-24(2)11-13;1-9-4-13-12(5-11(9)10-6-16-18(2)7-10)14(20)19(15(21)17-13)8-24(3,22)23/h4-11H,1-3H3,(H,23,26);4-7H,8H2,1-3H3,(H,17,21). The Hall–Kier alpha value is -6.00. The molecule has 6 rings (SSSR count). The summed E-state index contributed by atoms with van der Waals surface area (Å²) in [4.78, 5) is 51.7. The number of H-pyrrole nitrogens is 1. The summed E-state index contributed by atoms with van der Waals surface area (Å²) in [6.07, 6.45) is 7.26. The number of hydrogen-bond donors (Lipinski definition) is 2. The third-order valence-electron chi connectivity index (χ3n) is 7.75. The molecule has 0 aliphatic heterocycles. The van der Waals surface area contributed by atoms with E-state index in [1.54, 1.807) is 77.3 Å². The number of aromatic amines is 1. The van der Waals surface area contributed by atoms with Crippen molar-refractivity contribution in [3.8, 4) is 28.0 Å². The van der Waals surface area contributed by atoms with E-state index in [-0.39, 0.29) is 16.6 Å². The molecule has 0 aliphatic rings. The average Bonchev–Trinajstić information content (AvgIpc) is 3.71. The Kier molecular flexibility index (Phi) is 10.8. The molecule has 0 spiro atoms. The Bertz CT molecular complexity index is 2550. The summed E-state index contributed by atoms with van der Waals surface area (Å²) in [6, 6.07) is 13.1. The fraction of sp³-hybridized carbons (Fsp3) is 0.200. The smallest absolute Gasteiger partial charge is 0.417 e. The van der Waals surface area contributed by atoms with E-state index in [0.717, 1.165) is 39.6 Å². The van der Waals surface area contributed by atoms with Crippen LogP contribution in [-0.4, -0.2) is 63.0 Å². The Balaban J connectivity index is 0.000000203. The topological polar surface area (TPSA) is 189 Å². The Morgan fingerprint density at radius 2 is 1.48 bits per heavy atom. The number of anilines is 1. The van der Waals surface area contributed by atoms with Crippen molar-refractivity contribution >= 4 is 50.1 Å². The first-order chi connectivity index (χ1) is 24.5. The van der Waals surface area contributed by atoms with Gasteiger partial charge in [-0.15, -0.1) is 0 Å². The predicted molar refractivity (Wildman–Crippen MR) is 196 cm³/mol. The van der Waals surface area contributed by atoms with Gasteiger partial charge in [0.25, 0.3) is 5.56 Å². The molecule has 17 heteroatoms. The summed E-state index contributed by atoms with van der Waals surface area (Å²) in [6.45, 7) is 3.74. The molecule has 0 bridgehead atoms. The minimum absolute atomic E-state index is 0.208. The van der Waals surface area contributed by atoms with Gasteiger partial charge in [0.1, 0.15) is 11.6 Å². The summed E-state index contributed by atoms with van der Waals surface area (Å²) in [5.74, 6) is -0.912. The number of methoxy groups -OCH3 is 1. The van der Waals surface area contributed by atoms with Crippen LogP contribution in [0, 0.1) is 13.8 Å². The number of fused-ring (bicyclic) bond motifs is 1. The number of rotatable bonds is 7. The van der Waals surface area contributed by atoms with Gasteiger partial charge in [0.2, 0.25) is 0 Å². The highest BCUT2D eigenvalue weighted by Crippen LogP contribution is 2.30. The molecule has 3 aromatic carbocycles. The van der Waals surface area contributed by atoms with Crippen LogP contribution in [0.4, 0.5) is 10.5 Å². The van der Waals surface area contributed by atoms with Gasteiger partial charge in [0, 0.05) is 48.9 Å². The lowest BCUT2D eigenvalue weighted by molar-refractivity contribution is 0.0602. The van der Waals surface area contributed by atoms with Crippen LogP contribution in [-0.2, 0) is 34.5 Å². The van der Waals surface area contributed by atoms with Crippen LogP contribution < -0.4 is 21.3 Å². The van der Waals surface area contributed by atoms with E-state index in [1.165, 1.54) is 7.11 Å². The second-order valence-corrected chi connectivity index (χ2v) is 14.5. The Morgan fingerprint density at radius 1 is 0.904 bits per heavy atom. The van der Waals surface area contributed by atoms with Gasteiger partial charge in [0.05, 0.1) is 41.7 Å². The maximum atomic E-state index is 12.6. The zero-order valence-corrected chi connectivity index (χ0v) is 30.5. The highest BCUT2D eigenvalue weighted by atomic mass is 35.5. The molecule has 0 atom stereocenters. The maximum Gasteiger partial charge on any atom is 0.417 e. The van der Waals surface area contributed by atoms with Gasteiger partial charge in [-0.2, -0.15) is 10.2 Å². The van der Waals surface area contributed by atoms with Gasteiger partial charge in [0.15, 0.2) is 9.84 Å². The van der Waals surface area contributed by atoms with E-state index in [0.29, 0.717) is 20.9 Å². The molecule has 0 unspecified atom stereocenters.